The molecule has 0 aliphatic carbocycles. The van der Waals surface area contributed by atoms with Gasteiger partial charge in [-0.1, -0.05) is 0 Å². The predicted molar refractivity (Wildman–Crippen MR) is 54.7 cm³/mol. The van der Waals surface area contributed by atoms with Crippen molar-refractivity contribution in [2.45, 2.75) is 32.3 Å². The number of nitrogens with two attached hydrogens (primary N) is 1. The Morgan fingerprint density at radius 3 is 2.57 bits per heavy atom. The van der Waals surface area contributed by atoms with Gasteiger partial charge in [-0.25, -0.2) is 0 Å². The Balaban J connectivity index is 2.31. The van der Waals surface area contributed by atoms with Crippen LogP contribution in [0.2, 0.25) is 0 Å². The minimum Gasteiger partial charge on any atom is -0.393 e. The normalized spacial score (nSPS) is 20.9. The third-order valence-corrected chi connectivity index (χ3v) is 2.93. The smallest absolute Gasteiger partial charge is 0.223 e. The van der Waals surface area contributed by atoms with Gasteiger partial charge in [0.1, 0.15) is 0 Å². The number of hydrogen-bond acceptors (Lipinski definition) is 3. The molecule has 1 unspecified atom stereocenters. The molecule has 0 radical (unpaired) electrons. The average Bonchev–Trinajstić information content (AvgIpc) is 2.18. The van der Waals surface area contributed by atoms with E-state index in [0.29, 0.717) is 18.9 Å². The van der Waals surface area contributed by atoms with Gasteiger partial charge in [0.15, 0.2) is 0 Å². The summed E-state index contributed by atoms with van der Waals surface area (Å²) in [6, 6.07) is 0. The van der Waals surface area contributed by atoms with Crippen LogP contribution in [0, 0.1) is 5.92 Å². The molecule has 0 aromatic heterocycles. The fraction of sp³-hybridized carbons (Fsp3) is 0.900. The number of amides is 1. The molecule has 14 heavy (non-hydrogen) atoms. The number of rotatable bonds is 3. The van der Waals surface area contributed by atoms with Gasteiger partial charge < -0.3 is 15.7 Å². The van der Waals surface area contributed by atoms with Crippen LogP contribution in [0.25, 0.3) is 0 Å². The molecule has 4 heteroatoms. The van der Waals surface area contributed by atoms with Gasteiger partial charge in [0.05, 0.1) is 6.10 Å². The molecule has 1 fully saturated rings. The molecule has 82 valence electrons. The summed E-state index contributed by atoms with van der Waals surface area (Å²) in [6.45, 7) is 3.79. The molecule has 3 N–H and O–H groups in total. The first-order valence-corrected chi connectivity index (χ1v) is 5.31. The molecule has 0 spiro atoms. The van der Waals surface area contributed by atoms with Crippen LogP contribution < -0.4 is 5.73 Å². The van der Waals surface area contributed by atoms with E-state index in [9.17, 15) is 9.90 Å². The van der Waals surface area contributed by atoms with E-state index in [1.165, 1.54) is 0 Å². The maximum atomic E-state index is 11.5. The fourth-order valence-electron chi connectivity index (χ4n) is 1.91. The van der Waals surface area contributed by atoms with Gasteiger partial charge >= 0.3 is 0 Å². The van der Waals surface area contributed by atoms with E-state index in [1.807, 2.05) is 11.8 Å². The maximum absolute atomic E-state index is 11.5. The lowest BCUT2D eigenvalue weighted by atomic mass is 9.92. The van der Waals surface area contributed by atoms with Crippen molar-refractivity contribution in [3.8, 4) is 0 Å². The van der Waals surface area contributed by atoms with Crippen molar-refractivity contribution >= 4 is 5.91 Å². The average molecular weight is 200 g/mol. The molecule has 1 heterocycles. The third kappa shape index (κ3) is 2.96. The van der Waals surface area contributed by atoms with Crippen LogP contribution in [0.3, 0.4) is 0 Å². The monoisotopic (exact) mass is 200 g/mol. The van der Waals surface area contributed by atoms with E-state index in [1.54, 1.807) is 0 Å². The zero-order chi connectivity index (χ0) is 10.6. The van der Waals surface area contributed by atoms with Crippen molar-refractivity contribution in [3.63, 3.8) is 0 Å². The largest absolute Gasteiger partial charge is 0.393 e. The topological polar surface area (TPSA) is 66.6 Å². The summed E-state index contributed by atoms with van der Waals surface area (Å²) >= 11 is 0. The molecular formula is C10H20N2O2. The summed E-state index contributed by atoms with van der Waals surface area (Å²) in [5, 5.41) is 9.38. The summed E-state index contributed by atoms with van der Waals surface area (Å²) in [7, 11) is 0. The number of aliphatic hydroxyl groups excluding tert-OH is 1. The number of carbonyl (C=O) groups is 1. The highest BCUT2D eigenvalue weighted by Crippen LogP contribution is 2.20. The number of likely N-dealkylation sites (tertiary alicyclic amines) is 1. The lowest BCUT2D eigenvalue weighted by Gasteiger charge is -2.33. The molecule has 0 aromatic carbocycles. The van der Waals surface area contributed by atoms with Gasteiger partial charge in [-0.05, 0) is 25.7 Å². The first kappa shape index (κ1) is 11.5. The summed E-state index contributed by atoms with van der Waals surface area (Å²) in [6.07, 6.45) is 2.02. The summed E-state index contributed by atoms with van der Waals surface area (Å²) in [4.78, 5) is 13.3. The van der Waals surface area contributed by atoms with Gasteiger partial charge in [-0.2, -0.15) is 0 Å². The van der Waals surface area contributed by atoms with Crippen LogP contribution in [-0.2, 0) is 4.79 Å². The lowest BCUT2D eigenvalue weighted by molar-refractivity contribution is -0.132. The summed E-state index contributed by atoms with van der Waals surface area (Å²) in [5.41, 5.74) is 5.32. The lowest BCUT2D eigenvalue weighted by Crippen LogP contribution is -2.41. The van der Waals surface area contributed by atoms with Crippen molar-refractivity contribution in [3.05, 3.63) is 0 Å². The van der Waals surface area contributed by atoms with E-state index in [0.717, 1.165) is 25.9 Å². The van der Waals surface area contributed by atoms with Crippen LogP contribution in [0.15, 0.2) is 0 Å². The van der Waals surface area contributed by atoms with Crippen molar-refractivity contribution in [2.75, 3.05) is 19.6 Å². The molecule has 1 aliphatic rings. The van der Waals surface area contributed by atoms with Gasteiger partial charge in [-0.3, -0.25) is 4.79 Å². The van der Waals surface area contributed by atoms with E-state index >= 15 is 0 Å². The Morgan fingerprint density at radius 2 is 2.14 bits per heavy atom. The third-order valence-electron chi connectivity index (χ3n) is 2.93. The van der Waals surface area contributed by atoms with Crippen molar-refractivity contribution in [1.82, 2.24) is 4.90 Å². The molecule has 1 saturated heterocycles. The first-order chi connectivity index (χ1) is 6.65. The Bertz CT molecular complexity index is 187. The van der Waals surface area contributed by atoms with E-state index in [4.69, 9.17) is 5.73 Å². The van der Waals surface area contributed by atoms with Crippen LogP contribution in [0.4, 0.5) is 0 Å². The van der Waals surface area contributed by atoms with E-state index < -0.39 is 0 Å². The highest BCUT2D eigenvalue weighted by Gasteiger charge is 2.24. The number of carbonyl (C=O) groups excluding carboxylic acids is 1. The standard InChI is InChI=1S/C10H20N2O2/c1-8(13)9-3-6-12(7-4-9)10(14)2-5-11/h8-9,13H,2-7,11H2,1H3. The minimum absolute atomic E-state index is 0.150. The van der Waals surface area contributed by atoms with Crippen molar-refractivity contribution in [1.29, 1.82) is 0 Å². The van der Waals surface area contributed by atoms with Crippen LogP contribution >= 0.6 is 0 Å². The van der Waals surface area contributed by atoms with Gasteiger partial charge in [0.2, 0.25) is 5.91 Å². The first-order valence-electron chi connectivity index (χ1n) is 5.31. The Morgan fingerprint density at radius 1 is 1.57 bits per heavy atom. The van der Waals surface area contributed by atoms with Crippen LogP contribution in [-0.4, -0.2) is 41.7 Å². The SMILES string of the molecule is CC(O)C1CCN(C(=O)CCN)CC1. The molecule has 4 nitrogen and oxygen atoms in total. The fourth-order valence-corrected chi connectivity index (χ4v) is 1.91. The highest BCUT2D eigenvalue weighted by molar-refractivity contribution is 5.76. The Hall–Kier alpha value is -0.610. The van der Waals surface area contributed by atoms with Gasteiger partial charge in [0, 0.05) is 26.1 Å². The summed E-state index contributed by atoms with van der Waals surface area (Å²) in [5.74, 6) is 0.508. The molecule has 0 bridgehead atoms. The van der Waals surface area contributed by atoms with E-state index in [-0.39, 0.29) is 12.0 Å². The molecule has 0 saturated carbocycles. The van der Waals surface area contributed by atoms with Crippen molar-refractivity contribution < 1.29 is 9.90 Å². The zero-order valence-electron chi connectivity index (χ0n) is 8.78. The quantitative estimate of drug-likeness (QED) is 0.671. The van der Waals surface area contributed by atoms with E-state index in [2.05, 4.69) is 0 Å². The second kappa shape index (κ2) is 5.32. The molecule has 0 aromatic rings. The zero-order valence-corrected chi connectivity index (χ0v) is 8.78. The molecular weight excluding hydrogens is 180 g/mol. The minimum atomic E-state index is -0.248. The van der Waals surface area contributed by atoms with Gasteiger partial charge in [0.25, 0.3) is 0 Å². The maximum Gasteiger partial charge on any atom is 0.223 e. The predicted octanol–water partition coefficient (Wildman–Crippen LogP) is -0.0454. The van der Waals surface area contributed by atoms with Crippen LogP contribution in [0.5, 0.6) is 0 Å². The van der Waals surface area contributed by atoms with Gasteiger partial charge in [-0.15, -0.1) is 0 Å². The molecule has 1 rings (SSSR count). The Labute approximate surface area is 85.1 Å². The number of aliphatic hydroxyl groups is 1. The van der Waals surface area contributed by atoms with Crippen LogP contribution in [0.1, 0.15) is 26.2 Å². The van der Waals surface area contributed by atoms with Crippen molar-refractivity contribution in [2.24, 2.45) is 11.7 Å². The second-order valence-electron chi connectivity index (χ2n) is 4.00. The highest BCUT2D eigenvalue weighted by atomic mass is 16.3. The number of piperidine rings is 1. The molecule has 1 amide bonds. The second-order valence-corrected chi connectivity index (χ2v) is 4.00. The number of nitrogens with zero attached hydrogens (tertiary/aromatic N) is 1. The molecule has 1 aliphatic heterocycles. The molecule has 1 atom stereocenters. The Kier molecular flexibility index (Phi) is 4.35. The summed E-state index contributed by atoms with van der Waals surface area (Å²) < 4.78 is 0. The number of hydrogen-bond donors (Lipinski definition) is 2.